The van der Waals surface area contributed by atoms with Gasteiger partial charge >= 0.3 is 5.97 Å². The fourth-order valence-corrected chi connectivity index (χ4v) is 2.53. The molecule has 2 amide bonds. The van der Waals surface area contributed by atoms with Gasteiger partial charge in [0.25, 0.3) is 0 Å². The van der Waals surface area contributed by atoms with Gasteiger partial charge in [-0.15, -0.1) is 0 Å². The number of likely N-dealkylation sites (N-methyl/N-ethyl adjacent to an activating group) is 1. The molecule has 1 heterocycles. The predicted molar refractivity (Wildman–Crippen MR) is 62.4 cm³/mol. The Balaban J connectivity index is 2.12. The molecule has 0 aromatic heterocycles. The minimum atomic E-state index is -1.04. The average Bonchev–Trinajstić information content (AvgIpc) is 3.09. The number of piperidine rings is 1. The van der Waals surface area contributed by atoms with Crippen LogP contribution in [0.15, 0.2) is 0 Å². The first-order chi connectivity index (χ1) is 8.44. The van der Waals surface area contributed by atoms with Crippen LogP contribution in [0.25, 0.3) is 0 Å². The van der Waals surface area contributed by atoms with Gasteiger partial charge in [-0.2, -0.15) is 0 Å². The predicted octanol–water partition coefficient (Wildman–Crippen LogP) is -0.467. The molecule has 1 saturated carbocycles. The van der Waals surface area contributed by atoms with Gasteiger partial charge in [-0.05, 0) is 19.9 Å². The van der Waals surface area contributed by atoms with Crippen molar-refractivity contribution in [3.63, 3.8) is 0 Å². The number of hydrogen-bond donors (Lipinski definition) is 1. The normalized spacial score (nSPS) is 28.9. The summed E-state index contributed by atoms with van der Waals surface area (Å²) in [5.74, 6) is -1.05. The molecule has 1 aliphatic carbocycles. The summed E-state index contributed by atoms with van der Waals surface area (Å²) in [6.07, 6.45) is 0.671. The lowest BCUT2D eigenvalue weighted by atomic mass is 10.0. The Morgan fingerprint density at radius 1 is 1.44 bits per heavy atom. The first-order valence-electron chi connectivity index (χ1n) is 6.13. The lowest BCUT2D eigenvalue weighted by Crippen LogP contribution is -2.58. The largest absolute Gasteiger partial charge is 0.468 e. The van der Waals surface area contributed by atoms with Gasteiger partial charge in [0.15, 0.2) is 0 Å². The minimum absolute atomic E-state index is 0.0399. The first-order valence-corrected chi connectivity index (χ1v) is 6.13. The SMILES string of the molecule is CCNC(C)(CN1C(=O)C2CC2C1=O)C(=O)OC. The lowest BCUT2D eigenvalue weighted by molar-refractivity contribution is -0.151. The highest BCUT2D eigenvalue weighted by Gasteiger charge is 2.60. The first kappa shape index (κ1) is 13.0. The van der Waals surface area contributed by atoms with Crippen molar-refractivity contribution in [3.05, 3.63) is 0 Å². The number of nitrogens with zero attached hydrogens (tertiary/aromatic N) is 1. The van der Waals surface area contributed by atoms with Crippen LogP contribution in [0.4, 0.5) is 0 Å². The summed E-state index contributed by atoms with van der Waals surface area (Å²) in [5, 5.41) is 2.99. The van der Waals surface area contributed by atoms with Crippen molar-refractivity contribution in [2.45, 2.75) is 25.8 Å². The van der Waals surface area contributed by atoms with E-state index in [2.05, 4.69) is 5.32 Å². The molecule has 2 aliphatic rings. The Bertz CT molecular complexity index is 389. The molecule has 18 heavy (non-hydrogen) atoms. The molecule has 2 rings (SSSR count). The number of esters is 1. The fraction of sp³-hybridized carbons (Fsp3) is 0.750. The summed E-state index contributed by atoms with van der Waals surface area (Å²) < 4.78 is 4.74. The van der Waals surface area contributed by atoms with Gasteiger partial charge in [-0.25, -0.2) is 4.79 Å². The maximum atomic E-state index is 11.9. The van der Waals surface area contributed by atoms with E-state index >= 15 is 0 Å². The molecule has 0 bridgehead atoms. The van der Waals surface area contributed by atoms with E-state index in [9.17, 15) is 14.4 Å². The molecule has 1 N–H and O–H groups in total. The Morgan fingerprint density at radius 2 is 2.00 bits per heavy atom. The Kier molecular flexibility index (Phi) is 3.14. The highest BCUT2D eigenvalue weighted by molar-refractivity contribution is 6.09. The molecule has 6 nitrogen and oxygen atoms in total. The van der Waals surface area contributed by atoms with E-state index in [1.165, 1.54) is 12.0 Å². The van der Waals surface area contributed by atoms with Gasteiger partial charge in [-0.1, -0.05) is 6.92 Å². The molecule has 2 fully saturated rings. The summed E-state index contributed by atoms with van der Waals surface area (Å²) in [6.45, 7) is 4.09. The molecule has 3 unspecified atom stereocenters. The number of carbonyl (C=O) groups is 3. The van der Waals surface area contributed by atoms with Crippen molar-refractivity contribution in [2.75, 3.05) is 20.2 Å². The zero-order valence-electron chi connectivity index (χ0n) is 10.9. The maximum absolute atomic E-state index is 11.9. The molecule has 0 spiro atoms. The second kappa shape index (κ2) is 4.35. The average molecular weight is 254 g/mol. The van der Waals surface area contributed by atoms with Crippen LogP contribution >= 0.6 is 0 Å². The molecule has 1 aliphatic heterocycles. The molecule has 1 saturated heterocycles. The minimum Gasteiger partial charge on any atom is -0.468 e. The van der Waals surface area contributed by atoms with Crippen LogP contribution in [-0.2, 0) is 19.1 Å². The lowest BCUT2D eigenvalue weighted by Gasteiger charge is -2.31. The maximum Gasteiger partial charge on any atom is 0.327 e. The number of ether oxygens (including phenoxy) is 1. The molecule has 6 heteroatoms. The third kappa shape index (κ3) is 1.90. The van der Waals surface area contributed by atoms with E-state index < -0.39 is 11.5 Å². The van der Waals surface area contributed by atoms with Crippen molar-refractivity contribution < 1.29 is 19.1 Å². The van der Waals surface area contributed by atoms with E-state index in [1.54, 1.807) is 6.92 Å². The molecule has 0 radical (unpaired) electrons. The van der Waals surface area contributed by atoms with E-state index in [4.69, 9.17) is 4.74 Å². The molecule has 3 atom stereocenters. The number of amides is 2. The summed E-state index contributed by atoms with van der Waals surface area (Å²) in [4.78, 5) is 36.7. The quantitative estimate of drug-likeness (QED) is 0.530. The standard InChI is InChI=1S/C12H18N2O4/c1-4-13-12(2,11(17)18-3)6-14-9(15)7-5-8(7)10(14)16/h7-8,13H,4-6H2,1-3H3. The molecular weight excluding hydrogens is 236 g/mol. The van der Waals surface area contributed by atoms with Crippen molar-refractivity contribution in [1.29, 1.82) is 0 Å². The van der Waals surface area contributed by atoms with E-state index in [1.807, 2.05) is 6.92 Å². The second-order valence-electron chi connectivity index (χ2n) is 5.07. The smallest absolute Gasteiger partial charge is 0.327 e. The van der Waals surface area contributed by atoms with Gasteiger partial charge in [0.1, 0.15) is 5.54 Å². The Morgan fingerprint density at radius 3 is 2.44 bits per heavy atom. The summed E-state index contributed by atoms with van der Waals surface area (Å²) in [5.41, 5.74) is -1.04. The highest BCUT2D eigenvalue weighted by Crippen LogP contribution is 2.47. The molecular formula is C12H18N2O4. The fourth-order valence-electron chi connectivity index (χ4n) is 2.53. The molecule has 0 aromatic rings. The van der Waals surface area contributed by atoms with Crippen LogP contribution in [0.1, 0.15) is 20.3 Å². The highest BCUT2D eigenvalue weighted by atomic mass is 16.5. The molecule has 100 valence electrons. The third-order valence-electron chi connectivity index (χ3n) is 3.63. The summed E-state index contributed by atoms with van der Waals surface area (Å²) >= 11 is 0. The number of fused-ring (bicyclic) bond motifs is 1. The monoisotopic (exact) mass is 254 g/mol. The summed E-state index contributed by atoms with van der Waals surface area (Å²) in [7, 11) is 1.29. The van der Waals surface area contributed by atoms with Crippen molar-refractivity contribution in [2.24, 2.45) is 11.8 Å². The van der Waals surface area contributed by atoms with Crippen LogP contribution in [0.2, 0.25) is 0 Å². The molecule has 0 aromatic carbocycles. The zero-order chi connectivity index (χ0) is 13.5. The van der Waals surface area contributed by atoms with Gasteiger partial charge in [-0.3, -0.25) is 14.5 Å². The van der Waals surface area contributed by atoms with Crippen molar-refractivity contribution >= 4 is 17.8 Å². The number of hydrogen-bond acceptors (Lipinski definition) is 5. The van der Waals surface area contributed by atoms with Crippen LogP contribution in [-0.4, -0.2) is 48.4 Å². The van der Waals surface area contributed by atoms with Crippen LogP contribution in [0, 0.1) is 11.8 Å². The summed E-state index contributed by atoms with van der Waals surface area (Å²) in [6, 6.07) is 0. The van der Waals surface area contributed by atoms with E-state index in [-0.39, 0.29) is 30.2 Å². The zero-order valence-corrected chi connectivity index (χ0v) is 10.9. The number of rotatable bonds is 5. The van der Waals surface area contributed by atoms with E-state index in [0.29, 0.717) is 13.0 Å². The number of methoxy groups -OCH3 is 1. The van der Waals surface area contributed by atoms with Crippen LogP contribution < -0.4 is 5.32 Å². The second-order valence-corrected chi connectivity index (χ2v) is 5.07. The van der Waals surface area contributed by atoms with Crippen LogP contribution in [0.5, 0.6) is 0 Å². The van der Waals surface area contributed by atoms with Crippen LogP contribution in [0.3, 0.4) is 0 Å². The van der Waals surface area contributed by atoms with Gasteiger partial charge in [0.2, 0.25) is 11.8 Å². The number of imide groups is 1. The van der Waals surface area contributed by atoms with E-state index in [0.717, 1.165) is 0 Å². The Hall–Kier alpha value is -1.43. The number of likely N-dealkylation sites (tertiary alicyclic amines) is 1. The number of carbonyl (C=O) groups excluding carboxylic acids is 3. The van der Waals surface area contributed by atoms with Gasteiger partial charge in [0, 0.05) is 0 Å². The van der Waals surface area contributed by atoms with Gasteiger partial charge < -0.3 is 10.1 Å². The topological polar surface area (TPSA) is 75.7 Å². The Labute approximate surface area is 106 Å². The van der Waals surface area contributed by atoms with Gasteiger partial charge in [0.05, 0.1) is 25.5 Å². The van der Waals surface area contributed by atoms with Crippen molar-refractivity contribution in [3.8, 4) is 0 Å². The third-order valence-corrected chi connectivity index (χ3v) is 3.63. The number of nitrogens with one attached hydrogen (secondary N) is 1. The van der Waals surface area contributed by atoms with Crippen molar-refractivity contribution in [1.82, 2.24) is 10.2 Å².